The second kappa shape index (κ2) is 4.32. The first-order valence-corrected chi connectivity index (χ1v) is 4.91. The van der Waals surface area contributed by atoms with Gasteiger partial charge in [-0.15, -0.1) is 0 Å². The lowest BCUT2D eigenvalue weighted by atomic mass is 9.94. The summed E-state index contributed by atoms with van der Waals surface area (Å²) in [5, 5.41) is 0. The summed E-state index contributed by atoms with van der Waals surface area (Å²) in [7, 11) is 3.36. The predicted molar refractivity (Wildman–Crippen MR) is 60.3 cm³/mol. The summed E-state index contributed by atoms with van der Waals surface area (Å²) in [6.45, 7) is 0. The minimum Gasteiger partial charge on any atom is -0.498 e. The van der Waals surface area contributed by atoms with Gasteiger partial charge in [-0.25, -0.2) is 0 Å². The van der Waals surface area contributed by atoms with Crippen molar-refractivity contribution in [3.8, 4) is 0 Å². The summed E-state index contributed by atoms with van der Waals surface area (Å²) in [6, 6.07) is 0. The first-order valence-electron chi connectivity index (χ1n) is 4.91. The van der Waals surface area contributed by atoms with E-state index in [9.17, 15) is 0 Å². The zero-order valence-electron chi connectivity index (χ0n) is 8.94. The van der Waals surface area contributed by atoms with Crippen molar-refractivity contribution in [3.05, 3.63) is 59.4 Å². The summed E-state index contributed by atoms with van der Waals surface area (Å²) in [4.78, 5) is 0. The van der Waals surface area contributed by atoms with Crippen molar-refractivity contribution in [2.45, 2.75) is 6.10 Å². The van der Waals surface area contributed by atoms with E-state index in [1.807, 2.05) is 30.4 Å². The third-order valence-electron chi connectivity index (χ3n) is 2.55. The van der Waals surface area contributed by atoms with Crippen LogP contribution in [0.2, 0.25) is 0 Å². The summed E-state index contributed by atoms with van der Waals surface area (Å²) in [5.41, 5.74) is 2.31. The highest BCUT2D eigenvalue weighted by Crippen LogP contribution is 2.29. The molecule has 2 aliphatic carbocycles. The molecule has 0 spiro atoms. The van der Waals surface area contributed by atoms with E-state index < -0.39 is 0 Å². The number of allylic oxidation sites excluding steroid dienone is 7. The number of hydrogen-bond donors (Lipinski definition) is 0. The number of hydrogen-bond acceptors (Lipinski definition) is 2. The third-order valence-corrected chi connectivity index (χ3v) is 2.55. The molecule has 0 N–H and O–H groups in total. The van der Waals surface area contributed by atoms with Crippen molar-refractivity contribution in [1.82, 2.24) is 0 Å². The van der Waals surface area contributed by atoms with Gasteiger partial charge in [0.25, 0.3) is 0 Å². The molecule has 1 atom stereocenters. The molecule has 0 fully saturated rings. The van der Waals surface area contributed by atoms with Gasteiger partial charge in [0, 0.05) is 7.11 Å². The Balaban J connectivity index is 2.43. The molecule has 0 aromatic heterocycles. The molecular formula is C13H14O2. The Morgan fingerprint density at radius 3 is 2.60 bits per heavy atom. The van der Waals surface area contributed by atoms with Crippen molar-refractivity contribution in [2.24, 2.45) is 0 Å². The van der Waals surface area contributed by atoms with Gasteiger partial charge in [-0.2, -0.15) is 0 Å². The van der Waals surface area contributed by atoms with E-state index in [1.54, 1.807) is 14.2 Å². The van der Waals surface area contributed by atoms with Gasteiger partial charge in [0.1, 0.15) is 11.9 Å². The van der Waals surface area contributed by atoms with Crippen LogP contribution >= 0.6 is 0 Å². The molecular weight excluding hydrogens is 188 g/mol. The van der Waals surface area contributed by atoms with Gasteiger partial charge >= 0.3 is 0 Å². The Morgan fingerprint density at radius 2 is 1.87 bits per heavy atom. The highest BCUT2D eigenvalue weighted by Gasteiger charge is 2.24. The van der Waals surface area contributed by atoms with Crippen LogP contribution in [0.25, 0.3) is 0 Å². The molecule has 1 unspecified atom stereocenters. The minimum absolute atomic E-state index is 0.0950. The lowest BCUT2D eigenvalue weighted by Gasteiger charge is -2.24. The maximum absolute atomic E-state index is 5.45. The van der Waals surface area contributed by atoms with E-state index in [0.29, 0.717) is 0 Å². The van der Waals surface area contributed by atoms with Gasteiger partial charge < -0.3 is 9.47 Å². The first kappa shape index (κ1) is 9.99. The summed E-state index contributed by atoms with van der Waals surface area (Å²) >= 11 is 0. The molecule has 0 aromatic carbocycles. The highest BCUT2D eigenvalue weighted by molar-refractivity contribution is 5.53. The molecule has 78 valence electrons. The molecule has 15 heavy (non-hydrogen) atoms. The molecule has 0 saturated heterocycles. The van der Waals surface area contributed by atoms with Crippen LogP contribution in [0, 0.1) is 0 Å². The molecule has 0 saturated carbocycles. The predicted octanol–water partition coefficient (Wildman–Crippen LogP) is 2.52. The number of fused-ring (bicyclic) bond motifs is 1. The second-order valence-corrected chi connectivity index (χ2v) is 3.38. The number of ether oxygens (including phenoxy) is 2. The Bertz CT molecular complexity index is 395. The van der Waals surface area contributed by atoms with Gasteiger partial charge in [0.2, 0.25) is 0 Å². The monoisotopic (exact) mass is 202 g/mol. The Kier molecular flexibility index (Phi) is 2.88. The van der Waals surface area contributed by atoms with Crippen LogP contribution < -0.4 is 0 Å². The molecule has 0 aromatic rings. The van der Waals surface area contributed by atoms with E-state index in [0.717, 1.165) is 11.3 Å². The van der Waals surface area contributed by atoms with Crippen molar-refractivity contribution in [1.29, 1.82) is 0 Å². The zero-order chi connectivity index (χ0) is 10.7. The van der Waals surface area contributed by atoms with Gasteiger partial charge in [0.05, 0.1) is 7.11 Å². The molecule has 2 nitrogen and oxygen atoms in total. The first-order chi connectivity index (χ1) is 7.36. The quantitative estimate of drug-likeness (QED) is 0.685. The van der Waals surface area contributed by atoms with E-state index in [4.69, 9.17) is 9.47 Å². The lowest BCUT2D eigenvalue weighted by molar-refractivity contribution is 0.103. The normalized spacial score (nSPS) is 23.6. The fourth-order valence-electron chi connectivity index (χ4n) is 1.80. The van der Waals surface area contributed by atoms with Gasteiger partial charge in [-0.1, -0.05) is 36.5 Å². The number of methoxy groups -OCH3 is 2. The fourth-order valence-corrected chi connectivity index (χ4v) is 1.80. The van der Waals surface area contributed by atoms with Crippen molar-refractivity contribution >= 4 is 0 Å². The number of rotatable bonds is 2. The van der Waals surface area contributed by atoms with E-state index in [-0.39, 0.29) is 6.10 Å². The second-order valence-electron chi connectivity index (χ2n) is 3.38. The van der Waals surface area contributed by atoms with Crippen LogP contribution in [-0.2, 0) is 9.47 Å². The van der Waals surface area contributed by atoms with Crippen molar-refractivity contribution in [2.75, 3.05) is 14.2 Å². The highest BCUT2D eigenvalue weighted by atomic mass is 16.5. The molecule has 0 amide bonds. The van der Waals surface area contributed by atoms with Crippen LogP contribution in [0.3, 0.4) is 0 Å². The molecule has 2 aliphatic rings. The summed E-state index contributed by atoms with van der Waals surface area (Å²) < 4.78 is 10.7. The Labute approximate surface area is 89.9 Å². The third kappa shape index (κ3) is 1.81. The zero-order valence-corrected chi connectivity index (χ0v) is 8.94. The average molecular weight is 202 g/mol. The van der Waals surface area contributed by atoms with Crippen molar-refractivity contribution < 1.29 is 9.47 Å². The fraction of sp³-hybridized carbons (Fsp3) is 0.231. The van der Waals surface area contributed by atoms with E-state index >= 15 is 0 Å². The standard InChI is InChI=1S/C13H14O2/c1-14-12-9-8-10-6-4-3-5-7-11(10)13(12)15-2/h3-9,13H,1-2H3. The van der Waals surface area contributed by atoms with E-state index in [2.05, 4.69) is 12.2 Å². The van der Waals surface area contributed by atoms with Crippen LogP contribution in [0.1, 0.15) is 0 Å². The Morgan fingerprint density at radius 1 is 1.00 bits per heavy atom. The van der Waals surface area contributed by atoms with Crippen LogP contribution in [0.4, 0.5) is 0 Å². The van der Waals surface area contributed by atoms with Gasteiger partial charge in [0.15, 0.2) is 0 Å². The maximum Gasteiger partial charge on any atom is 0.140 e. The summed E-state index contributed by atoms with van der Waals surface area (Å²) in [6.07, 6.45) is 14.1. The van der Waals surface area contributed by atoms with E-state index in [1.165, 1.54) is 5.57 Å². The summed E-state index contributed by atoms with van der Waals surface area (Å²) in [5.74, 6) is 0.844. The lowest BCUT2D eigenvalue weighted by Crippen LogP contribution is -2.21. The molecule has 0 heterocycles. The average Bonchev–Trinajstić information content (AvgIpc) is 2.52. The van der Waals surface area contributed by atoms with Gasteiger partial charge in [-0.3, -0.25) is 0 Å². The van der Waals surface area contributed by atoms with Crippen molar-refractivity contribution in [3.63, 3.8) is 0 Å². The minimum atomic E-state index is -0.0950. The molecule has 2 rings (SSSR count). The molecule has 0 bridgehead atoms. The van der Waals surface area contributed by atoms with Crippen LogP contribution in [-0.4, -0.2) is 20.3 Å². The SMILES string of the molecule is COC1=CC=C2C=CC=CC=C2C1OC. The molecule has 0 aliphatic heterocycles. The molecule has 2 heteroatoms. The smallest absolute Gasteiger partial charge is 0.140 e. The maximum atomic E-state index is 5.45. The Hall–Kier alpha value is -1.54. The van der Waals surface area contributed by atoms with Crippen LogP contribution in [0.15, 0.2) is 59.4 Å². The van der Waals surface area contributed by atoms with Gasteiger partial charge in [-0.05, 0) is 17.2 Å². The molecule has 0 radical (unpaired) electrons. The largest absolute Gasteiger partial charge is 0.498 e. The van der Waals surface area contributed by atoms with Crippen LogP contribution in [0.5, 0.6) is 0 Å². The topological polar surface area (TPSA) is 18.5 Å².